The van der Waals surface area contributed by atoms with Crippen molar-refractivity contribution >= 4 is 18.5 Å². The lowest BCUT2D eigenvalue weighted by atomic mass is 10.1. The second-order valence-electron chi connectivity index (χ2n) is 4.72. The first kappa shape index (κ1) is 13.4. The topological polar surface area (TPSA) is 32.3 Å². The molecule has 0 aromatic heterocycles. The number of nitrogens with one attached hydrogen (secondary N) is 1. The van der Waals surface area contributed by atoms with Crippen LogP contribution in [0, 0.1) is 0 Å². The fraction of sp³-hybridized carbons (Fsp3) is 0.500. The molecule has 1 aromatic carbocycles. The fourth-order valence-electron chi connectivity index (χ4n) is 2.39. The van der Waals surface area contributed by atoms with E-state index in [0.717, 1.165) is 37.4 Å². The Hall–Kier alpha value is -1.00. The number of hydrogen-bond acceptors (Lipinski definition) is 3. The molecule has 1 aliphatic heterocycles. The van der Waals surface area contributed by atoms with Crippen molar-refractivity contribution < 1.29 is 4.79 Å². The molecule has 0 bridgehead atoms. The van der Waals surface area contributed by atoms with Gasteiger partial charge in [0.25, 0.3) is 5.91 Å². The largest absolute Gasteiger partial charge is 0.348 e. The van der Waals surface area contributed by atoms with Gasteiger partial charge in [-0.25, -0.2) is 0 Å². The van der Waals surface area contributed by atoms with Crippen LogP contribution in [0.1, 0.15) is 30.1 Å². The fourth-order valence-corrected chi connectivity index (χ4v) is 2.65. The van der Waals surface area contributed by atoms with E-state index in [0.29, 0.717) is 5.56 Å². The van der Waals surface area contributed by atoms with E-state index in [2.05, 4.69) is 29.8 Å². The zero-order valence-corrected chi connectivity index (χ0v) is 11.6. The lowest BCUT2D eigenvalue weighted by Crippen LogP contribution is -2.47. The van der Waals surface area contributed by atoms with Crippen molar-refractivity contribution in [3.8, 4) is 0 Å². The van der Waals surface area contributed by atoms with E-state index in [1.807, 2.05) is 24.3 Å². The van der Waals surface area contributed by atoms with Crippen molar-refractivity contribution in [3.05, 3.63) is 29.8 Å². The first-order valence-corrected chi connectivity index (χ1v) is 6.96. The molecule has 2 rings (SSSR count). The molecule has 1 heterocycles. The van der Waals surface area contributed by atoms with Crippen molar-refractivity contribution in [1.82, 2.24) is 10.2 Å². The highest BCUT2D eigenvalue weighted by molar-refractivity contribution is 7.80. The number of nitrogens with zero attached hydrogens (tertiary/aromatic N) is 1. The minimum atomic E-state index is -0.0106. The van der Waals surface area contributed by atoms with Crippen LogP contribution < -0.4 is 5.32 Å². The lowest BCUT2D eigenvalue weighted by Gasteiger charge is -2.32. The minimum absolute atomic E-state index is 0.0106. The van der Waals surface area contributed by atoms with Crippen LogP contribution in [0.4, 0.5) is 0 Å². The average Bonchev–Trinajstić information content (AvgIpc) is 2.39. The highest BCUT2D eigenvalue weighted by atomic mass is 32.1. The van der Waals surface area contributed by atoms with Crippen LogP contribution in [-0.4, -0.2) is 36.5 Å². The monoisotopic (exact) mass is 264 g/mol. The molecule has 1 aliphatic rings. The summed E-state index contributed by atoms with van der Waals surface area (Å²) in [5.41, 5.74) is 0.662. The minimum Gasteiger partial charge on any atom is -0.348 e. The van der Waals surface area contributed by atoms with Crippen molar-refractivity contribution in [1.29, 1.82) is 0 Å². The van der Waals surface area contributed by atoms with Gasteiger partial charge in [0, 0.05) is 17.5 Å². The summed E-state index contributed by atoms with van der Waals surface area (Å²) < 4.78 is 0. The molecule has 0 spiro atoms. The molecule has 1 fully saturated rings. The highest BCUT2D eigenvalue weighted by Gasteiger charge is 2.21. The summed E-state index contributed by atoms with van der Waals surface area (Å²) in [6.45, 7) is 5.31. The molecular formula is C14H20N2OS. The normalized spacial score (nSPS) is 20.7. The molecule has 1 amide bonds. The van der Waals surface area contributed by atoms with Crippen LogP contribution in [0.3, 0.4) is 0 Å². The molecule has 1 atom stereocenters. The van der Waals surface area contributed by atoms with Gasteiger partial charge in [-0.3, -0.25) is 4.79 Å². The van der Waals surface area contributed by atoms with Gasteiger partial charge in [-0.2, -0.15) is 0 Å². The second kappa shape index (κ2) is 6.25. The van der Waals surface area contributed by atoms with Crippen molar-refractivity contribution in [2.75, 3.05) is 19.6 Å². The number of likely N-dealkylation sites (tertiary alicyclic amines) is 1. The molecular weight excluding hydrogens is 244 g/mol. The van der Waals surface area contributed by atoms with Gasteiger partial charge in [-0.1, -0.05) is 19.1 Å². The van der Waals surface area contributed by atoms with E-state index in [4.69, 9.17) is 0 Å². The number of likely N-dealkylation sites (N-methyl/N-ethyl adjacent to an activating group) is 1. The second-order valence-corrected chi connectivity index (χ2v) is 5.20. The molecule has 1 aromatic rings. The van der Waals surface area contributed by atoms with Gasteiger partial charge in [-0.15, -0.1) is 12.6 Å². The highest BCUT2D eigenvalue weighted by Crippen LogP contribution is 2.15. The molecule has 0 radical (unpaired) electrons. The summed E-state index contributed by atoms with van der Waals surface area (Å²) >= 11 is 4.32. The predicted molar refractivity (Wildman–Crippen MR) is 76.3 cm³/mol. The maximum Gasteiger partial charge on any atom is 0.252 e. The molecule has 98 valence electrons. The Labute approximate surface area is 114 Å². The van der Waals surface area contributed by atoms with Gasteiger partial charge in [0.15, 0.2) is 0 Å². The quantitative estimate of drug-likeness (QED) is 0.820. The number of benzene rings is 1. The van der Waals surface area contributed by atoms with E-state index in [-0.39, 0.29) is 11.9 Å². The zero-order valence-electron chi connectivity index (χ0n) is 10.7. The molecule has 0 saturated carbocycles. The summed E-state index contributed by atoms with van der Waals surface area (Å²) in [6.07, 6.45) is 2.22. The van der Waals surface area contributed by atoms with E-state index in [1.165, 1.54) is 0 Å². The summed E-state index contributed by atoms with van der Waals surface area (Å²) in [5.74, 6) is -0.0106. The third-order valence-corrected chi connectivity index (χ3v) is 3.83. The Balaban J connectivity index is 1.97. The van der Waals surface area contributed by atoms with Crippen LogP contribution in [0.25, 0.3) is 0 Å². The van der Waals surface area contributed by atoms with E-state index >= 15 is 0 Å². The van der Waals surface area contributed by atoms with Gasteiger partial charge in [0.05, 0.1) is 5.56 Å². The van der Waals surface area contributed by atoms with Crippen molar-refractivity contribution in [3.63, 3.8) is 0 Å². The third kappa shape index (κ3) is 3.27. The predicted octanol–water partition coefficient (Wildman–Crippen LogP) is 2.19. The Bertz CT molecular complexity index is 422. The number of hydrogen-bond donors (Lipinski definition) is 2. The summed E-state index contributed by atoms with van der Waals surface area (Å²) in [5, 5.41) is 3.11. The SMILES string of the molecule is CCN1CCCC(NC(=O)c2ccccc2S)C1. The van der Waals surface area contributed by atoms with Crippen LogP contribution >= 0.6 is 12.6 Å². The van der Waals surface area contributed by atoms with Crippen molar-refractivity contribution in [2.24, 2.45) is 0 Å². The van der Waals surface area contributed by atoms with Crippen LogP contribution in [-0.2, 0) is 0 Å². The Morgan fingerprint density at radius 3 is 3.00 bits per heavy atom. The van der Waals surface area contributed by atoms with Crippen LogP contribution in [0.5, 0.6) is 0 Å². The first-order chi connectivity index (χ1) is 8.70. The Morgan fingerprint density at radius 2 is 2.28 bits per heavy atom. The average molecular weight is 264 g/mol. The van der Waals surface area contributed by atoms with Gasteiger partial charge in [0.2, 0.25) is 0 Å². The molecule has 1 unspecified atom stereocenters. The van der Waals surface area contributed by atoms with Gasteiger partial charge in [-0.05, 0) is 38.1 Å². The van der Waals surface area contributed by atoms with Crippen molar-refractivity contribution in [2.45, 2.75) is 30.7 Å². The van der Waals surface area contributed by atoms with Crippen LogP contribution in [0.15, 0.2) is 29.2 Å². The molecule has 1 saturated heterocycles. The van der Waals surface area contributed by atoms with Gasteiger partial charge >= 0.3 is 0 Å². The zero-order chi connectivity index (χ0) is 13.0. The van der Waals surface area contributed by atoms with E-state index < -0.39 is 0 Å². The first-order valence-electron chi connectivity index (χ1n) is 6.52. The van der Waals surface area contributed by atoms with Gasteiger partial charge in [0.1, 0.15) is 0 Å². The maximum absolute atomic E-state index is 12.2. The maximum atomic E-state index is 12.2. The molecule has 0 aliphatic carbocycles. The number of carbonyl (C=O) groups excluding carboxylic acids is 1. The third-order valence-electron chi connectivity index (χ3n) is 3.44. The molecule has 18 heavy (non-hydrogen) atoms. The van der Waals surface area contributed by atoms with E-state index in [1.54, 1.807) is 0 Å². The van der Waals surface area contributed by atoms with E-state index in [9.17, 15) is 4.79 Å². The number of thiol groups is 1. The molecule has 1 N–H and O–H groups in total. The summed E-state index contributed by atoms with van der Waals surface area (Å²) in [6, 6.07) is 7.68. The summed E-state index contributed by atoms with van der Waals surface area (Å²) in [7, 11) is 0. The lowest BCUT2D eigenvalue weighted by molar-refractivity contribution is 0.0903. The Morgan fingerprint density at radius 1 is 1.50 bits per heavy atom. The number of rotatable bonds is 3. The molecule has 3 nitrogen and oxygen atoms in total. The number of amides is 1. The standard InChI is InChI=1S/C14H20N2OS/c1-2-16-9-5-6-11(10-16)15-14(17)12-7-3-4-8-13(12)18/h3-4,7-8,11,18H,2,5-6,9-10H2,1H3,(H,15,17). The Kier molecular flexibility index (Phi) is 4.66. The molecule has 4 heteroatoms. The number of carbonyl (C=O) groups is 1. The smallest absolute Gasteiger partial charge is 0.252 e. The van der Waals surface area contributed by atoms with Crippen LogP contribution in [0.2, 0.25) is 0 Å². The van der Waals surface area contributed by atoms with Gasteiger partial charge < -0.3 is 10.2 Å². The number of piperidine rings is 1. The summed E-state index contributed by atoms with van der Waals surface area (Å²) in [4.78, 5) is 15.3.